The van der Waals surface area contributed by atoms with E-state index < -0.39 is 15.8 Å². The van der Waals surface area contributed by atoms with Crippen LogP contribution >= 0.6 is 0 Å². The number of nitrogens with one attached hydrogen (secondary N) is 1. The van der Waals surface area contributed by atoms with E-state index in [1.807, 2.05) is 6.07 Å². The van der Waals surface area contributed by atoms with Gasteiger partial charge in [-0.3, -0.25) is 4.79 Å². The molecule has 1 aromatic rings. The molecule has 102 valence electrons. The van der Waals surface area contributed by atoms with Gasteiger partial charge in [0.25, 0.3) is 0 Å². The molecule has 2 aliphatic rings. The van der Waals surface area contributed by atoms with Crippen LogP contribution in [0, 0.1) is 5.92 Å². The van der Waals surface area contributed by atoms with Gasteiger partial charge >= 0.3 is 5.97 Å². The molecule has 2 unspecified atom stereocenters. The van der Waals surface area contributed by atoms with Gasteiger partial charge in [0.1, 0.15) is 0 Å². The quantitative estimate of drug-likeness (QED) is 0.836. The average Bonchev–Trinajstić information content (AvgIpc) is 2.95. The highest BCUT2D eigenvalue weighted by Gasteiger charge is 2.34. The molecule has 0 radical (unpaired) electrons. The van der Waals surface area contributed by atoms with Gasteiger partial charge in [0.15, 0.2) is 9.84 Å². The number of benzene rings is 1. The maximum atomic E-state index is 11.9. The monoisotopic (exact) mass is 281 g/mol. The zero-order chi connectivity index (χ0) is 13.6. The van der Waals surface area contributed by atoms with Crippen LogP contribution in [0.3, 0.4) is 0 Å². The van der Waals surface area contributed by atoms with Gasteiger partial charge in [0.05, 0.1) is 16.6 Å². The molecule has 2 heterocycles. The molecule has 5 nitrogen and oxygen atoms in total. The molecule has 1 aromatic carbocycles. The number of fused-ring (bicyclic) bond motifs is 1. The Hall–Kier alpha value is -1.40. The van der Waals surface area contributed by atoms with Crippen molar-refractivity contribution in [1.82, 2.24) is 5.32 Å². The lowest BCUT2D eigenvalue weighted by Gasteiger charge is -2.14. The van der Waals surface area contributed by atoms with Crippen molar-refractivity contribution in [3.63, 3.8) is 0 Å². The minimum absolute atomic E-state index is 0.0515. The Morgan fingerprint density at radius 2 is 2.16 bits per heavy atom. The van der Waals surface area contributed by atoms with Crippen LogP contribution in [0.2, 0.25) is 0 Å². The Morgan fingerprint density at radius 3 is 2.84 bits per heavy atom. The molecule has 2 aliphatic heterocycles. The van der Waals surface area contributed by atoms with Crippen molar-refractivity contribution in [2.75, 3.05) is 12.3 Å². The molecule has 0 aromatic heterocycles. The first-order chi connectivity index (χ1) is 8.99. The van der Waals surface area contributed by atoms with Crippen LogP contribution in [0.25, 0.3) is 0 Å². The number of hydrogen-bond donors (Lipinski definition) is 2. The maximum Gasteiger partial charge on any atom is 0.307 e. The topological polar surface area (TPSA) is 83.5 Å². The molecule has 19 heavy (non-hydrogen) atoms. The number of aliphatic carboxylic acids is 1. The van der Waals surface area contributed by atoms with Crippen molar-refractivity contribution >= 4 is 15.8 Å². The summed E-state index contributed by atoms with van der Waals surface area (Å²) in [6, 6.07) is 5.24. The van der Waals surface area contributed by atoms with Gasteiger partial charge in [-0.05, 0) is 30.0 Å². The maximum absolute atomic E-state index is 11.9. The first kappa shape index (κ1) is 12.6. The number of carboxylic acids is 1. The Labute approximate surface area is 111 Å². The van der Waals surface area contributed by atoms with Crippen molar-refractivity contribution < 1.29 is 18.3 Å². The van der Waals surface area contributed by atoms with Crippen molar-refractivity contribution in [3.8, 4) is 0 Å². The van der Waals surface area contributed by atoms with E-state index in [1.165, 1.54) is 0 Å². The van der Waals surface area contributed by atoms with Crippen molar-refractivity contribution in [3.05, 3.63) is 29.3 Å². The molecule has 6 heteroatoms. The highest BCUT2D eigenvalue weighted by Crippen LogP contribution is 2.35. The van der Waals surface area contributed by atoms with Gasteiger partial charge < -0.3 is 10.4 Å². The molecule has 0 aliphatic carbocycles. The number of hydrogen-bond acceptors (Lipinski definition) is 4. The molecule has 0 spiro atoms. The number of carbonyl (C=O) groups is 1. The van der Waals surface area contributed by atoms with E-state index in [2.05, 4.69) is 5.32 Å². The second kappa shape index (κ2) is 4.31. The molecular formula is C13H15NO4S. The number of carboxylic acid groups (broad SMARTS) is 1. The van der Waals surface area contributed by atoms with E-state index in [9.17, 15) is 13.2 Å². The summed E-state index contributed by atoms with van der Waals surface area (Å²) in [6.45, 7) is 0.441. The molecule has 1 saturated heterocycles. The first-order valence-corrected chi connectivity index (χ1v) is 7.95. The summed E-state index contributed by atoms with van der Waals surface area (Å²) in [7, 11) is -3.13. The van der Waals surface area contributed by atoms with Crippen LogP contribution in [0.1, 0.15) is 23.6 Å². The van der Waals surface area contributed by atoms with Gasteiger partial charge in [-0.15, -0.1) is 0 Å². The third-order valence-electron chi connectivity index (χ3n) is 3.98. The van der Waals surface area contributed by atoms with Crippen LogP contribution in [-0.4, -0.2) is 31.8 Å². The third-order valence-corrected chi connectivity index (χ3v) is 5.77. The van der Waals surface area contributed by atoms with Crippen LogP contribution in [-0.2, 0) is 21.1 Å². The van der Waals surface area contributed by atoms with Crippen LogP contribution in [0.4, 0.5) is 0 Å². The summed E-state index contributed by atoms with van der Waals surface area (Å²) < 4.78 is 23.8. The molecule has 2 atom stereocenters. The third kappa shape index (κ3) is 2.04. The predicted molar refractivity (Wildman–Crippen MR) is 68.7 cm³/mol. The van der Waals surface area contributed by atoms with E-state index in [4.69, 9.17) is 5.11 Å². The number of rotatable bonds is 2. The summed E-state index contributed by atoms with van der Waals surface area (Å²) in [4.78, 5) is 11.4. The smallest absolute Gasteiger partial charge is 0.307 e. The summed E-state index contributed by atoms with van der Waals surface area (Å²) >= 11 is 0. The van der Waals surface area contributed by atoms with Gasteiger partial charge in [0.2, 0.25) is 0 Å². The summed E-state index contributed by atoms with van der Waals surface area (Å²) in [5.74, 6) is -1.02. The number of sulfone groups is 1. The van der Waals surface area contributed by atoms with Gasteiger partial charge in [-0.25, -0.2) is 8.42 Å². The van der Waals surface area contributed by atoms with E-state index in [0.717, 1.165) is 11.1 Å². The first-order valence-electron chi connectivity index (χ1n) is 6.30. The summed E-state index contributed by atoms with van der Waals surface area (Å²) in [5.41, 5.74) is 1.81. The van der Waals surface area contributed by atoms with Gasteiger partial charge in [-0.1, -0.05) is 12.1 Å². The Balaban J connectivity index is 1.96. The molecule has 3 rings (SSSR count). The van der Waals surface area contributed by atoms with Crippen molar-refractivity contribution in [2.45, 2.75) is 23.8 Å². The van der Waals surface area contributed by atoms with Crippen LogP contribution in [0.5, 0.6) is 0 Å². The second-order valence-corrected chi connectivity index (χ2v) is 7.20. The standard InChI is InChI=1S/C13H15NO4S/c15-13(16)8-6-11(14-7-8)9-2-1-3-12-10(9)4-5-19(12,17)18/h1-3,8,11,14H,4-7H2,(H,15,16). The minimum Gasteiger partial charge on any atom is -0.481 e. The van der Waals surface area contributed by atoms with Crippen molar-refractivity contribution in [1.29, 1.82) is 0 Å². The highest BCUT2D eigenvalue weighted by atomic mass is 32.2. The van der Waals surface area contributed by atoms with E-state index >= 15 is 0 Å². The zero-order valence-corrected chi connectivity index (χ0v) is 11.1. The van der Waals surface area contributed by atoms with E-state index in [-0.39, 0.29) is 17.7 Å². The average molecular weight is 281 g/mol. The second-order valence-electron chi connectivity index (χ2n) is 5.12. The molecule has 0 saturated carbocycles. The van der Waals surface area contributed by atoms with E-state index in [0.29, 0.717) is 24.3 Å². The van der Waals surface area contributed by atoms with Crippen LogP contribution in [0.15, 0.2) is 23.1 Å². The zero-order valence-electron chi connectivity index (χ0n) is 10.3. The van der Waals surface area contributed by atoms with Crippen LogP contribution < -0.4 is 5.32 Å². The van der Waals surface area contributed by atoms with Gasteiger partial charge in [0, 0.05) is 12.6 Å². The molecule has 0 bridgehead atoms. The van der Waals surface area contributed by atoms with Crippen molar-refractivity contribution in [2.24, 2.45) is 5.92 Å². The summed E-state index contributed by atoms with van der Waals surface area (Å²) in [6.07, 6.45) is 1.05. The minimum atomic E-state index is -3.13. The molecular weight excluding hydrogens is 266 g/mol. The predicted octanol–water partition coefficient (Wildman–Crippen LogP) is 0.752. The highest BCUT2D eigenvalue weighted by molar-refractivity contribution is 7.91. The summed E-state index contributed by atoms with van der Waals surface area (Å²) in [5, 5.41) is 12.2. The fraction of sp³-hybridized carbons (Fsp3) is 0.462. The molecule has 0 amide bonds. The molecule has 1 fully saturated rings. The normalized spacial score (nSPS) is 28.2. The lowest BCUT2D eigenvalue weighted by molar-refractivity contribution is -0.141. The Bertz CT molecular complexity index is 638. The SMILES string of the molecule is O=C(O)C1CNC(c2cccc3c2CCS3(=O)=O)C1. The Morgan fingerprint density at radius 1 is 1.37 bits per heavy atom. The molecule has 2 N–H and O–H groups in total. The fourth-order valence-electron chi connectivity index (χ4n) is 2.98. The fourth-order valence-corrected chi connectivity index (χ4v) is 4.55. The lowest BCUT2D eigenvalue weighted by atomic mass is 9.95. The van der Waals surface area contributed by atoms with Gasteiger partial charge in [-0.2, -0.15) is 0 Å². The largest absolute Gasteiger partial charge is 0.481 e. The lowest BCUT2D eigenvalue weighted by Crippen LogP contribution is -2.17. The van der Waals surface area contributed by atoms with E-state index in [1.54, 1.807) is 12.1 Å². The Kier molecular flexibility index (Phi) is 2.87.